The highest BCUT2D eigenvalue weighted by atomic mass is 35.5. The molecule has 0 aromatic carbocycles. The molecule has 2 heterocycles. The van der Waals surface area contributed by atoms with Gasteiger partial charge in [0.2, 0.25) is 10.0 Å². The van der Waals surface area contributed by atoms with Crippen molar-refractivity contribution >= 4 is 21.6 Å². The van der Waals surface area contributed by atoms with Crippen molar-refractivity contribution in [2.75, 3.05) is 6.54 Å². The van der Waals surface area contributed by atoms with E-state index in [0.29, 0.717) is 6.54 Å². The Morgan fingerprint density at radius 1 is 1.33 bits per heavy atom. The van der Waals surface area contributed by atoms with E-state index in [-0.39, 0.29) is 26.9 Å². The SMILES string of the molecule is CC1(C)CC2CC(C)(CN2S(=O)(=O)c2ccnc(Cl)c2)C1. The molecule has 2 atom stereocenters. The van der Waals surface area contributed by atoms with Gasteiger partial charge < -0.3 is 0 Å². The van der Waals surface area contributed by atoms with Gasteiger partial charge >= 0.3 is 0 Å². The first-order valence-electron chi connectivity index (χ1n) is 7.25. The first kappa shape index (κ1) is 15.3. The van der Waals surface area contributed by atoms with Crippen molar-refractivity contribution in [1.82, 2.24) is 9.29 Å². The molecule has 1 saturated heterocycles. The van der Waals surface area contributed by atoms with E-state index in [1.54, 1.807) is 4.31 Å². The Bertz CT molecular complexity index is 674. The molecule has 2 unspecified atom stereocenters. The van der Waals surface area contributed by atoms with Gasteiger partial charge in [0.15, 0.2) is 0 Å². The Morgan fingerprint density at radius 3 is 2.71 bits per heavy atom. The summed E-state index contributed by atoms with van der Waals surface area (Å²) in [5.74, 6) is 0. The average Bonchev–Trinajstić information content (AvgIpc) is 2.59. The lowest BCUT2D eigenvalue weighted by atomic mass is 9.65. The fraction of sp³-hybridized carbons (Fsp3) is 0.667. The first-order valence-corrected chi connectivity index (χ1v) is 9.07. The van der Waals surface area contributed by atoms with Crippen LogP contribution in [0.4, 0.5) is 0 Å². The Labute approximate surface area is 131 Å². The molecular formula is C15H21ClN2O2S. The van der Waals surface area contributed by atoms with Gasteiger partial charge in [0.25, 0.3) is 0 Å². The third-order valence-corrected chi connectivity index (χ3v) is 6.77. The van der Waals surface area contributed by atoms with Crippen molar-refractivity contribution in [2.24, 2.45) is 10.8 Å². The molecule has 1 aliphatic carbocycles. The number of aromatic nitrogens is 1. The number of nitrogens with zero attached hydrogens (tertiary/aromatic N) is 2. The Balaban J connectivity index is 1.98. The molecule has 4 nitrogen and oxygen atoms in total. The van der Waals surface area contributed by atoms with Gasteiger partial charge in [-0.1, -0.05) is 32.4 Å². The zero-order valence-corrected chi connectivity index (χ0v) is 14.2. The van der Waals surface area contributed by atoms with Gasteiger partial charge in [0.05, 0.1) is 4.90 Å². The number of hydrogen-bond acceptors (Lipinski definition) is 3. The molecule has 0 amide bonds. The van der Waals surface area contributed by atoms with E-state index in [1.807, 2.05) is 0 Å². The third kappa shape index (κ3) is 2.71. The van der Waals surface area contributed by atoms with Crippen molar-refractivity contribution < 1.29 is 8.42 Å². The van der Waals surface area contributed by atoms with E-state index in [1.165, 1.54) is 18.3 Å². The van der Waals surface area contributed by atoms with Crippen LogP contribution in [0.1, 0.15) is 40.0 Å². The molecule has 2 bridgehead atoms. The molecule has 1 aliphatic heterocycles. The lowest BCUT2D eigenvalue weighted by Gasteiger charge is -2.39. The number of sulfonamides is 1. The minimum absolute atomic E-state index is 0.0797. The van der Waals surface area contributed by atoms with Crippen LogP contribution < -0.4 is 0 Å². The van der Waals surface area contributed by atoms with E-state index in [2.05, 4.69) is 25.8 Å². The van der Waals surface area contributed by atoms with E-state index in [0.717, 1.165) is 19.3 Å². The van der Waals surface area contributed by atoms with Gasteiger partial charge in [-0.3, -0.25) is 0 Å². The second-order valence-corrected chi connectivity index (χ2v) is 9.86. The molecule has 0 N–H and O–H groups in total. The van der Waals surface area contributed by atoms with Crippen molar-refractivity contribution in [3.8, 4) is 0 Å². The summed E-state index contributed by atoms with van der Waals surface area (Å²) in [6, 6.07) is 3.06. The van der Waals surface area contributed by atoms with Gasteiger partial charge in [0, 0.05) is 18.8 Å². The van der Waals surface area contributed by atoms with Crippen molar-refractivity contribution in [3.05, 3.63) is 23.5 Å². The summed E-state index contributed by atoms with van der Waals surface area (Å²) in [5.41, 5.74) is 0.272. The van der Waals surface area contributed by atoms with E-state index in [9.17, 15) is 8.42 Å². The molecule has 0 radical (unpaired) electrons. The maximum Gasteiger partial charge on any atom is 0.243 e. The topological polar surface area (TPSA) is 50.3 Å². The molecular weight excluding hydrogens is 308 g/mol. The van der Waals surface area contributed by atoms with Gasteiger partial charge in [-0.05, 0) is 42.2 Å². The zero-order valence-electron chi connectivity index (χ0n) is 12.6. The standard InChI is InChI=1S/C15H21ClN2O2S/c1-14(2)7-11-8-15(3,9-14)10-18(11)21(19,20)12-4-5-17-13(16)6-12/h4-6,11H,7-10H2,1-3H3. The van der Waals surface area contributed by atoms with Crippen LogP contribution in [-0.4, -0.2) is 30.3 Å². The summed E-state index contributed by atoms with van der Waals surface area (Å²) in [4.78, 5) is 4.11. The summed E-state index contributed by atoms with van der Waals surface area (Å²) in [5, 5.41) is 0.213. The smallest absolute Gasteiger partial charge is 0.243 e. The van der Waals surface area contributed by atoms with Crippen molar-refractivity contribution in [3.63, 3.8) is 0 Å². The second-order valence-electron chi connectivity index (χ2n) is 7.58. The second kappa shape index (κ2) is 4.67. The van der Waals surface area contributed by atoms with Gasteiger partial charge in [0.1, 0.15) is 5.15 Å². The van der Waals surface area contributed by atoms with Crippen LogP contribution >= 0.6 is 11.6 Å². The maximum absolute atomic E-state index is 12.9. The Morgan fingerprint density at radius 2 is 2.05 bits per heavy atom. The lowest BCUT2D eigenvalue weighted by Crippen LogP contribution is -2.37. The maximum atomic E-state index is 12.9. The first-order chi connectivity index (χ1) is 9.61. The van der Waals surface area contributed by atoms with E-state index >= 15 is 0 Å². The highest BCUT2D eigenvalue weighted by Gasteiger charge is 2.53. The van der Waals surface area contributed by atoms with Crippen molar-refractivity contribution in [1.29, 1.82) is 0 Å². The molecule has 1 aromatic rings. The molecule has 6 heteroatoms. The number of hydrogen-bond donors (Lipinski definition) is 0. The molecule has 0 spiro atoms. The number of rotatable bonds is 2. The van der Waals surface area contributed by atoms with E-state index < -0.39 is 10.0 Å². The fourth-order valence-electron chi connectivity index (χ4n) is 4.37. The molecule has 1 aromatic heterocycles. The van der Waals surface area contributed by atoms with Crippen LogP contribution in [0.25, 0.3) is 0 Å². The molecule has 116 valence electrons. The quantitative estimate of drug-likeness (QED) is 0.782. The summed E-state index contributed by atoms with van der Waals surface area (Å²) < 4.78 is 27.5. The normalized spacial score (nSPS) is 32.3. The highest BCUT2D eigenvalue weighted by Crippen LogP contribution is 2.53. The number of halogens is 1. The molecule has 1 saturated carbocycles. The minimum atomic E-state index is -3.49. The highest BCUT2D eigenvalue weighted by molar-refractivity contribution is 7.89. The van der Waals surface area contributed by atoms with Gasteiger partial charge in [-0.25, -0.2) is 13.4 Å². The van der Waals surface area contributed by atoms with Crippen LogP contribution in [-0.2, 0) is 10.0 Å². The van der Waals surface area contributed by atoms with Crippen LogP contribution in [0.15, 0.2) is 23.2 Å². The summed E-state index contributed by atoms with van der Waals surface area (Å²) in [6.45, 7) is 7.27. The predicted molar refractivity (Wildman–Crippen MR) is 82.7 cm³/mol. The van der Waals surface area contributed by atoms with Crippen molar-refractivity contribution in [2.45, 2.75) is 51.0 Å². The van der Waals surface area contributed by atoms with Crippen LogP contribution in [0, 0.1) is 10.8 Å². The minimum Gasteiger partial charge on any atom is -0.244 e. The summed E-state index contributed by atoms with van der Waals surface area (Å²) in [7, 11) is -3.49. The lowest BCUT2D eigenvalue weighted by molar-refractivity contribution is 0.133. The summed E-state index contributed by atoms with van der Waals surface area (Å²) in [6.07, 6.45) is 4.39. The van der Waals surface area contributed by atoms with E-state index in [4.69, 9.17) is 11.6 Å². The Hall–Kier alpha value is -0.650. The average molecular weight is 329 g/mol. The molecule has 21 heavy (non-hydrogen) atoms. The molecule has 2 aliphatic rings. The predicted octanol–water partition coefficient (Wildman–Crippen LogP) is 3.32. The zero-order chi connectivity index (χ0) is 15.5. The fourth-order valence-corrected chi connectivity index (χ4v) is 6.40. The third-order valence-electron chi connectivity index (χ3n) is 4.67. The van der Waals surface area contributed by atoms with Crippen LogP contribution in [0.5, 0.6) is 0 Å². The van der Waals surface area contributed by atoms with Gasteiger partial charge in [-0.15, -0.1) is 0 Å². The Kier molecular flexibility index (Phi) is 3.39. The number of fused-ring (bicyclic) bond motifs is 2. The molecule has 2 fully saturated rings. The monoisotopic (exact) mass is 328 g/mol. The molecule has 3 rings (SSSR count). The largest absolute Gasteiger partial charge is 0.244 e. The summed E-state index contributed by atoms with van der Waals surface area (Å²) >= 11 is 5.85. The van der Waals surface area contributed by atoms with Crippen LogP contribution in [0.2, 0.25) is 5.15 Å². The number of pyridine rings is 1. The van der Waals surface area contributed by atoms with Gasteiger partial charge in [-0.2, -0.15) is 4.31 Å². The van der Waals surface area contributed by atoms with Crippen LogP contribution in [0.3, 0.4) is 0 Å².